The maximum Gasteiger partial charge on any atom is 0.226 e. The normalized spacial score (nSPS) is 35.2. The summed E-state index contributed by atoms with van der Waals surface area (Å²) in [5.41, 5.74) is 0. The zero-order chi connectivity index (χ0) is 11.6. The average Bonchev–Trinajstić information content (AvgIpc) is 2.37. The molecule has 4 atom stereocenters. The van der Waals surface area contributed by atoms with Crippen LogP contribution in [0.4, 0.5) is 0 Å². The highest BCUT2D eigenvalue weighted by Gasteiger charge is 2.41. The molecule has 0 aromatic heterocycles. The van der Waals surface area contributed by atoms with Gasteiger partial charge in [-0.3, -0.25) is 4.79 Å². The van der Waals surface area contributed by atoms with E-state index >= 15 is 0 Å². The highest BCUT2D eigenvalue weighted by atomic mass is 79.9. The lowest BCUT2D eigenvalue weighted by molar-refractivity contribution is -0.126. The molecule has 1 rings (SSSR count). The van der Waals surface area contributed by atoms with Gasteiger partial charge in [0.1, 0.15) is 0 Å². The monoisotopic (exact) mass is 275 g/mol. The van der Waals surface area contributed by atoms with E-state index < -0.39 is 0 Å². The van der Waals surface area contributed by atoms with Crippen molar-refractivity contribution >= 4 is 21.8 Å². The number of ether oxygens (including phenoxy) is 1. The van der Waals surface area contributed by atoms with Crippen LogP contribution in [0.3, 0.4) is 0 Å². The van der Waals surface area contributed by atoms with Crippen LogP contribution in [-0.2, 0) is 9.53 Å². The lowest BCUT2D eigenvalue weighted by Gasteiger charge is -2.17. The van der Waals surface area contributed by atoms with E-state index in [0.717, 1.165) is 4.48 Å². The molecule has 0 aromatic carbocycles. The Morgan fingerprint density at radius 1 is 1.40 bits per heavy atom. The minimum Gasteiger partial charge on any atom is -0.374 e. The number of nitrogens with one attached hydrogen (secondary N) is 1. The molecule has 4 unspecified atom stereocenters. The van der Waals surface area contributed by atoms with Gasteiger partial charge in [0, 0.05) is 11.0 Å². The first-order valence-corrected chi connectivity index (χ1v) is 5.99. The third kappa shape index (κ3) is 3.05. The summed E-state index contributed by atoms with van der Waals surface area (Å²) < 4.78 is 6.40. The van der Waals surface area contributed by atoms with Gasteiger partial charge in [-0.1, -0.05) is 29.4 Å². The van der Waals surface area contributed by atoms with E-state index in [1.54, 1.807) is 0 Å². The Bertz CT molecular complexity index is 267. The lowest BCUT2D eigenvalue weighted by atomic mass is 9.89. The van der Waals surface area contributed by atoms with Gasteiger partial charge in [0.2, 0.25) is 5.91 Å². The molecule has 0 aromatic rings. The minimum absolute atomic E-state index is 0.00130. The van der Waals surface area contributed by atoms with Crippen LogP contribution >= 0.6 is 15.9 Å². The van der Waals surface area contributed by atoms with Gasteiger partial charge in [-0.15, -0.1) is 0 Å². The predicted octanol–water partition coefficient (Wildman–Crippen LogP) is 2.07. The molecule has 15 heavy (non-hydrogen) atoms. The van der Waals surface area contributed by atoms with E-state index in [4.69, 9.17) is 4.74 Å². The Morgan fingerprint density at radius 3 is 2.40 bits per heavy atom. The molecule has 0 spiro atoms. The van der Waals surface area contributed by atoms with Gasteiger partial charge in [0.15, 0.2) is 0 Å². The second kappa shape index (κ2) is 5.12. The summed E-state index contributed by atoms with van der Waals surface area (Å²) in [6.45, 7) is 10.2. The third-order valence-corrected chi connectivity index (χ3v) is 3.28. The molecule has 4 heteroatoms. The van der Waals surface area contributed by atoms with Gasteiger partial charge >= 0.3 is 0 Å². The van der Waals surface area contributed by atoms with E-state index in [9.17, 15) is 4.79 Å². The van der Waals surface area contributed by atoms with Crippen LogP contribution in [0.5, 0.6) is 0 Å². The first kappa shape index (κ1) is 12.7. The van der Waals surface area contributed by atoms with Crippen LogP contribution in [-0.4, -0.2) is 24.7 Å². The summed E-state index contributed by atoms with van der Waals surface area (Å²) in [7, 11) is 0. The van der Waals surface area contributed by atoms with E-state index in [-0.39, 0.29) is 30.0 Å². The second-order valence-electron chi connectivity index (χ2n) is 4.17. The summed E-state index contributed by atoms with van der Waals surface area (Å²) in [5.74, 6) is 0.274. The Hall–Kier alpha value is -0.350. The van der Waals surface area contributed by atoms with Crippen LogP contribution in [0, 0.1) is 11.8 Å². The van der Waals surface area contributed by atoms with Gasteiger partial charge in [0.25, 0.3) is 0 Å². The van der Waals surface area contributed by atoms with Gasteiger partial charge in [0.05, 0.1) is 18.1 Å². The molecule has 0 bridgehead atoms. The minimum atomic E-state index is -0.0492. The summed E-state index contributed by atoms with van der Waals surface area (Å²) >= 11 is 3.21. The van der Waals surface area contributed by atoms with Gasteiger partial charge in [-0.25, -0.2) is 0 Å². The Morgan fingerprint density at radius 2 is 2.00 bits per heavy atom. The van der Waals surface area contributed by atoms with Crippen LogP contribution < -0.4 is 5.32 Å². The van der Waals surface area contributed by atoms with E-state index in [2.05, 4.69) is 34.7 Å². The first-order chi connectivity index (χ1) is 6.93. The molecule has 1 aliphatic heterocycles. The fourth-order valence-corrected chi connectivity index (χ4v) is 2.16. The molecule has 1 aliphatic rings. The van der Waals surface area contributed by atoms with Crippen molar-refractivity contribution in [3.63, 3.8) is 0 Å². The molecule has 86 valence electrons. The molecule has 1 N–H and O–H groups in total. The van der Waals surface area contributed by atoms with Crippen molar-refractivity contribution in [1.82, 2.24) is 5.32 Å². The quantitative estimate of drug-likeness (QED) is 0.857. The molecular formula is C11H18BrNO2. The van der Waals surface area contributed by atoms with E-state index in [0.29, 0.717) is 6.54 Å². The van der Waals surface area contributed by atoms with Gasteiger partial charge in [-0.05, 0) is 19.8 Å². The number of carbonyl (C=O) groups is 1. The van der Waals surface area contributed by atoms with Crippen molar-refractivity contribution in [3.05, 3.63) is 11.1 Å². The maximum absolute atomic E-state index is 11.9. The van der Waals surface area contributed by atoms with Crippen molar-refractivity contribution in [1.29, 1.82) is 0 Å². The maximum atomic E-state index is 11.9. The Kier molecular flexibility index (Phi) is 4.34. The summed E-state index contributed by atoms with van der Waals surface area (Å²) in [5, 5.41) is 2.84. The van der Waals surface area contributed by atoms with E-state index in [1.807, 2.05) is 13.8 Å². The highest BCUT2D eigenvalue weighted by molar-refractivity contribution is 9.11. The smallest absolute Gasteiger partial charge is 0.226 e. The number of hydrogen-bond donors (Lipinski definition) is 1. The molecule has 0 radical (unpaired) electrons. The SMILES string of the molecule is C=C(Br)CNC(=O)C1C(C)OC(C)C1C. The van der Waals surface area contributed by atoms with Crippen molar-refractivity contribution in [2.24, 2.45) is 11.8 Å². The van der Waals surface area contributed by atoms with Crippen LogP contribution in [0.25, 0.3) is 0 Å². The molecule has 1 saturated heterocycles. The van der Waals surface area contributed by atoms with Crippen molar-refractivity contribution in [2.75, 3.05) is 6.54 Å². The largest absolute Gasteiger partial charge is 0.374 e. The number of amides is 1. The number of rotatable bonds is 3. The van der Waals surface area contributed by atoms with Crippen molar-refractivity contribution < 1.29 is 9.53 Å². The van der Waals surface area contributed by atoms with Crippen LogP contribution in [0.1, 0.15) is 20.8 Å². The number of hydrogen-bond acceptors (Lipinski definition) is 2. The average molecular weight is 276 g/mol. The highest BCUT2D eigenvalue weighted by Crippen LogP contribution is 2.32. The topological polar surface area (TPSA) is 38.3 Å². The van der Waals surface area contributed by atoms with Crippen molar-refractivity contribution in [3.8, 4) is 0 Å². The summed E-state index contributed by atoms with van der Waals surface area (Å²) in [6, 6.07) is 0. The molecule has 1 amide bonds. The number of carbonyl (C=O) groups excluding carboxylic acids is 1. The fourth-order valence-electron chi connectivity index (χ4n) is 2.02. The lowest BCUT2D eigenvalue weighted by Crippen LogP contribution is -2.37. The molecule has 0 saturated carbocycles. The fraction of sp³-hybridized carbons (Fsp3) is 0.727. The number of halogens is 1. The van der Waals surface area contributed by atoms with Crippen molar-refractivity contribution in [2.45, 2.75) is 33.0 Å². The standard InChI is InChI=1S/C11H18BrNO2/c1-6(12)5-13-11(14)10-7(2)8(3)15-9(10)4/h7-10H,1,5H2,2-4H3,(H,13,14). The third-order valence-electron chi connectivity index (χ3n) is 3.00. The zero-order valence-corrected chi connectivity index (χ0v) is 11.0. The van der Waals surface area contributed by atoms with Crippen LogP contribution in [0.2, 0.25) is 0 Å². The Labute approximate surface area is 99.4 Å². The van der Waals surface area contributed by atoms with Gasteiger partial charge < -0.3 is 10.1 Å². The van der Waals surface area contributed by atoms with E-state index in [1.165, 1.54) is 0 Å². The summed E-state index contributed by atoms with van der Waals surface area (Å²) in [4.78, 5) is 11.9. The molecule has 1 heterocycles. The summed E-state index contributed by atoms with van der Waals surface area (Å²) in [6.07, 6.45) is 0.154. The second-order valence-corrected chi connectivity index (χ2v) is 5.29. The van der Waals surface area contributed by atoms with Crippen LogP contribution in [0.15, 0.2) is 11.1 Å². The molecule has 0 aliphatic carbocycles. The molecule has 3 nitrogen and oxygen atoms in total. The molecule has 1 fully saturated rings. The molecular weight excluding hydrogens is 258 g/mol. The first-order valence-electron chi connectivity index (χ1n) is 5.20. The zero-order valence-electron chi connectivity index (χ0n) is 9.42. The predicted molar refractivity (Wildman–Crippen MR) is 63.7 cm³/mol. The van der Waals surface area contributed by atoms with Gasteiger partial charge in [-0.2, -0.15) is 0 Å². The Balaban J connectivity index is 2.55.